The van der Waals surface area contributed by atoms with E-state index in [-0.39, 0.29) is 21.9 Å². The molecule has 0 fully saturated rings. The average molecular weight is 782 g/mol. The summed E-state index contributed by atoms with van der Waals surface area (Å²) in [7, 11) is 0. The minimum atomic E-state index is -0.921. The summed E-state index contributed by atoms with van der Waals surface area (Å²) in [6, 6.07) is 13.4. The summed E-state index contributed by atoms with van der Waals surface area (Å²) in [5.41, 5.74) is 1.93. The summed E-state index contributed by atoms with van der Waals surface area (Å²) in [4.78, 5) is 0. The Bertz CT molecular complexity index is 4910. The Balaban J connectivity index is 1.11. The minimum absolute atomic E-state index is 0.0344. The van der Waals surface area contributed by atoms with Crippen LogP contribution in [-0.2, 0) is 0 Å². The number of hydrogen-bond donors (Lipinski definition) is 0. The van der Waals surface area contributed by atoms with Crippen molar-refractivity contribution >= 4 is 87.0 Å². The van der Waals surface area contributed by atoms with Crippen molar-refractivity contribution < 1.29 is 34.9 Å². The molecule has 0 aliphatic heterocycles. The van der Waals surface area contributed by atoms with Crippen molar-refractivity contribution in [2.75, 3.05) is 0 Å². The molecular weight excluding hydrogens is 729 g/mol. The van der Waals surface area contributed by atoms with Gasteiger partial charge in [-0.05, 0) is 124 Å². The van der Waals surface area contributed by atoms with Gasteiger partial charge in [0.2, 0.25) is 0 Å². The zero-order chi connectivity index (χ0) is 55.8. The molecule has 0 N–H and O–H groups in total. The Morgan fingerprint density at radius 3 is 1.57 bits per heavy atom. The van der Waals surface area contributed by atoms with Gasteiger partial charge in [0, 0.05) is 21.5 Å². The highest BCUT2D eigenvalue weighted by Crippen LogP contribution is 2.47. The van der Waals surface area contributed by atoms with Crippen LogP contribution in [0.25, 0.3) is 131 Å². The molecule has 13 rings (SSSR count). The van der Waals surface area contributed by atoms with Crippen LogP contribution in [0.15, 0.2) is 215 Å². The smallest absolute Gasteiger partial charge is 0.136 e. The van der Waals surface area contributed by atoms with E-state index in [1.54, 1.807) is 24.3 Å². The SMILES string of the molecule is [2H]c1c([2H])c(-c2c3c([2H])c([2H])c([2H])c([2H])c3c(-c3ccc(-c4ccc5c(c4)oc4ccc6oc7ccccc7c6c45)c4ccccc34)c3c([2H])c([2H])c([2H])c([2H])c23)c([2H])c([2H])c1-c1c([2H])c([2H])c2c([2H])c([2H])c([2H])c([2H])c2c1[2H]. The van der Waals surface area contributed by atoms with Crippen LogP contribution in [0.2, 0.25) is 0 Å². The fraction of sp³-hybridized carbons (Fsp3) is 0. The molecule has 11 aromatic carbocycles. The Hall–Kier alpha value is -7.94. The first-order chi connectivity index (χ1) is 37.7. The highest BCUT2D eigenvalue weighted by Gasteiger charge is 2.21. The van der Waals surface area contributed by atoms with Crippen LogP contribution in [0.1, 0.15) is 26.0 Å². The van der Waals surface area contributed by atoms with Gasteiger partial charge in [0.05, 0.1) is 26.0 Å². The zero-order valence-corrected chi connectivity index (χ0v) is 31.0. The van der Waals surface area contributed by atoms with Crippen molar-refractivity contribution in [2.45, 2.75) is 0 Å². The molecule has 0 amide bonds. The monoisotopic (exact) mass is 781 g/mol. The highest BCUT2D eigenvalue weighted by molar-refractivity contribution is 6.27. The van der Waals surface area contributed by atoms with Gasteiger partial charge in [-0.2, -0.15) is 0 Å². The van der Waals surface area contributed by atoms with E-state index in [0.717, 1.165) is 38.3 Å². The number of furan rings is 2. The first-order valence-corrected chi connectivity index (χ1v) is 19.0. The molecule has 2 nitrogen and oxygen atoms in total. The second kappa shape index (κ2) is 12.8. The predicted molar refractivity (Wildman–Crippen MR) is 253 cm³/mol. The van der Waals surface area contributed by atoms with E-state index in [2.05, 4.69) is 0 Å². The topological polar surface area (TPSA) is 26.3 Å². The van der Waals surface area contributed by atoms with Crippen LogP contribution in [0.5, 0.6) is 0 Å². The molecule has 0 spiro atoms. The van der Waals surface area contributed by atoms with Crippen LogP contribution in [0, 0.1) is 0 Å². The third kappa shape index (κ3) is 4.88. The number of para-hydroxylation sites is 1. The van der Waals surface area contributed by atoms with Gasteiger partial charge in [0.25, 0.3) is 0 Å². The van der Waals surface area contributed by atoms with Gasteiger partial charge < -0.3 is 8.83 Å². The summed E-state index contributed by atoms with van der Waals surface area (Å²) >= 11 is 0. The van der Waals surface area contributed by atoms with Gasteiger partial charge in [-0.25, -0.2) is 0 Å². The molecular formula is C58H34O2. The molecule has 278 valence electrons. The van der Waals surface area contributed by atoms with Gasteiger partial charge in [-0.3, -0.25) is 0 Å². The molecule has 2 aromatic heterocycles. The van der Waals surface area contributed by atoms with Crippen molar-refractivity contribution in [1.29, 1.82) is 0 Å². The summed E-state index contributed by atoms with van der Waals surface area (Å²) in [5.74, 6) is 0. The van der Waals surface area contributed by atoms with Crippen molar-refractivity contribution in [2.24, 2.45) is 0 Å². The van der Waals surface area contributed by atoms with Crippen molar-refractivity contribution in [3.63, 3.8) is 0 Å². The maximum Gasteiger partial charge on any atom is 0.136 e. The highest BCUT2D eigenvalue weighted by atomic mass is 16.3. The number of rotatable bonds is 4. The summed E-state index contributed by atoms with van der Waals surface area (Å²) < 4.78 is 186. The number of benzene rings is 11. The number of hydrogen-bond acceptors (Lipinski definition) is 2. The minimum Gasteiger partial charge on any atom is -0.456 e. The molecule has 0 saturated carbocycles. The van der Waals surface area contributed by atoms with Crippen LogP contribution in [-0.4, -0.2) is 0 Å². The average Bonchev–Trinajstić information content (AvgIpc) is 4.18. The first kappa shape index (κ1) is 19.7. The zero-order valence-electron chi connectivity index (χ0n) is 50.0. The second-order valence-electron chi connectivity index (χ2n) is 14.4. The summed E-state index contributed by atoms with van der Waals surface area (Å²) in [6.07, 6.45) is 0. The Morgan fingerprint density at radius 2 is 0.850 bits per heavy atom. The Labute approximate surface area is 371 Å². The quantitative estimate of drug-likeness (QED) is 0.166. The van der Waals surface area contributed by atoms with Crippen LogP contribution in [0.4, 0.5) is 0 Å². The van der Waals surface area contributed by atoms with E-state index < -0.39 is 159 Å². The summed E-state index contributed by atoms with van der Waals surface area (Å²) in [6.45, 7) is 0. The van der Waals surface area contributed by atoms with E-state index in [1.165, 1.54) is 0 Å². The fourth-order valence-electron chi connectivity index (χ4n) is 8.63. The van der Waals surface area contributed by atoms with Gasteiger partial charge in [0.1, 0.15) is 22.3 Å². The van der Waals surface area contributed by atoms with E-state index in [4.69, 9.17) is 22.5 Å². The van der Waals surface area contributed by atoms with Gasteiger partial charge >= 0.3 is 0 Å². The lowest BCUT2D eigenvalue weighted by Gasteiger charge is -2.20. The van der Waals surface area contributed by atoms with Crippen molar-refractivity contribution in [3.8, 4) is 44.5 Å². The third-order valence-electron chi connectivity index (χ3n) is 11.2. The van der Waals surface area contributed by atoms with E-state index in [1.807, 2.05) is 66.7 Å². The molecule has 2 heterocycles. The molecule has 0 aliphatic rings. The van der Waals surface area contributed by atoms with Crippen LogP contribution >= 0.6 is 0 Å². The largest absolute Gasteiger partial charge is 0.456 e. The number of fused-ring (bicyclic) bond motifs is 11. The molecule has 0 unspecified atom stereocenters. The first-order valence-electron chi connectivity index (χ1n) is 28.5. The maximum absolute atomic E-state index is 9.64. The van der Waals surface area contributed by atoms with Crippen LogP contribution < -0.4 is 0 Å². The maximum atomic E-state index is 9.64. The predicted octanol–water partition coefficient (Wildman–Crippen LogP) is 16.8. The molecule has 13 aromatic rings. The van der Waals surface area contributed by atoms with Crippen molar-refractivity contribution in [3.05, 3.63) is 206 Å². The Kier molecular flexibility index (Phi) is 4.19. The van der Waals surface area contributed by atoms with Gasteiger partial charge in [-0.15, -0.1) is 0 Å². The molecule has 2 heteroatoms. The summed E-state index contributed by atoms with van der Waals surface area (Å²) in [5, 5.41) is 2.48. The molecule has 0 saturated heterocycles. The second-order valence-corrected chi connectivity index (χ2v) is 14.4. The van der Waals surface area contributed by atoms with Gasteiger partial charge in [-0.1, -0.05) is 169 Å². The fourth-order valence-corrected chi connectivity index (χ4v) is 8.63. The molecule has 0 bridgehead atoms. The molecule has 0 atom stereocenters. The Morgan fingerprint density at radius 1 is 0.317 bits per heavy atom. The van der Waals surface area contributed by atoms with Crippen LogP contribution in [0.3, 0.4) is 0 Å². The lowest BCUT2D eigenvalue weighted by molar-refractivity contribution is 0.663. The van der Waals surface area contributed by atoms with E-state index in [9.17, 15) is 12.3 Å². The van der Waals surface area contributed by atoms with Gasteiger partial charge in [0.15, 0.2) is 0 Å². The van der Waals surface area contributed by atoms with E-state index >= 15 is 0 Å². The van der Waals surface area contributed by atoms with Crippen molar-refractivity contribution in [1.82, 2.24) is 0 Å². The molecule has 60 heavy (non-hydrogen) atoms. The molecule has 0 radical (unpaired) electrons. The van der Waals surface area contributed by atoms with E-state index in [0.29, 0.717) is 27.5 Å². The lowest BCUT2D eigenvalue weighted by atomic mass is 9.83. The molecule has 0 aliphatic carbocycles. The normalized spacial score (nSPS) is 16.4. The standard InChI is InChI=1S/C58H34O2/c1-2-12-38-33-39(26-23-35(38)11-1)36-21-24-37(25-22-36)55-44-15-5-7-17-46(44)56(47-18-8-6-16-45(47)55)48-30-29-41(42-13-3-4-14-43(42)48)40-27-28-50-54(34-40)60-53-32-31-52-57(58(50)53)49-19-9-10-20-51(49)59-52/h1-34H/i1D,2D,5D,6D,7D,8D,11D,12D,15D,16D,17D,18D,21D,22D,23D,24D,25D,26D,33D. The lowest BCUT2D eigenvalue weighted by Crippen LogP contribution is -1.92. The third-order valence-corrected chi connectivity index (χ3v) is 11.2.